The Morgan fingerprint density at radius 2 is 2.05 bits per heavy atom. The lowest BCUT2D eigenvalue weighted by Gasteiger charge is -2.35. The van der Waals surface area contributed by atoms with E-state index in [1.54, 1.807) is 0 Å². The van der Waals surface area contributed by atoms with Crippen molar-refractivity contribution in [3.8, 4) is 0 Å². The van der Waals surface area contributed by atoms with E-state index in [4.69, 9.17) is 4.52 Å². The minimum atomic E-state index is 0.311. The lowest BCUT2D eigenvalue weighted by atomic mass is 9.83. The van der Waals surface area contributed by atoms with E-state index >= 15 is 0 Å². The predicted octanol–water partition coefficient (Wildman–Crippen LogP) is 2.92. The van der Waals surface area contributed by atoms with Gasteiger partial charge in [-0.15, -0.1) is 0 Å². The second-order valence-electron chi connectivity index (χ2n) is 6.38. The number of carbonyl (C=O) groups is 1. The third-order valence-corrected chi connectivity index (χ3v) is 4.85. The molecule has 0 N–H and O–H groups in total. The molecule has 5 nitrogen and oxygen atoms in total. The van der Waals surface area contributed by atoms with Gasteiger partial charge in [-0.25, -0.2) is 0 Å². The molecular formula is C16H25N3O2. The number of unbranched alkanes of at least 4 members (excludes halogenated alkanes) is 1. The number of carbonyl (C=O) groups excluding carboxylic acids is 1. The monoisotopic (exact) mass is 291 g/mol. The van der Waals surface area contributed by atoms with E-state index in [1.807, 2.05) is 4.90 Å². The highest BCUT2D eigenvalue weighted by atomic mass is 16.5. The van der Waals surface area contributed by atoms with Gasteiger partial charge in [-0.2, -0.15) is 4.98 Å². The first kappa shape index (κ1) is 14.5. The number of aryl methyl sites for hydroxylation is 1. The van der Waals surface area contributed by atoms with E-state index in [0.29, 0.717) is 17.7 Å². The van der Waals surface area contributed by atoms with Crippen LogP contribution in [0.25, 0.3) is 0 Å². The van der Waals surface area contributed by atoms with Gasteiger partial charge in [0.1, 0.15) is 0 Å². The summed E-state index contributed by atoms with van der Waals surface area (Å²) in [5.74, 6) is 2.62. The topological polar surface area (TPSA) is 59.2 Å². The van der Waals surface area contributed by atoms with Crippen molar-refractivity contribution < 1.29 is 9.32 Å². The number of hydrogen-bond donors (Lipinski definition) is 0. The van der Waals surface area contributed by atoms with Crippen LogP contribution in [-0.2, 0) is 11.2 Å². The highest BCUT2D eigenvalue weighted by molar-refractivity contribution is 5.79. The van der Waals surface area contributed by atoms with Crippen LogP contribution >= 0.6 is 0 Å². The molecule has 1 aliphatic carbocycles. The van der Waals surface area contributed by atoms with Crippen molar-refractivity contribution in [2.75, 3.05) is 13.1 Å². The van der Waals surface area contributed by atoms with E-state index in [0.717, 1.165) is 69.8 Å². The first-order valence-electron chi connectivity index (χ1n) is 8.39. The molecular weight excluding hydrogens is 266 g/mol. The molecule has 1 aromatic heterocycles. The zero-order valence-corrected chi connectivity index (χ0v) is 12.9. The van der Waals surface area contributed by atoms with Crippen LogP contribution in [0.5, 0.6) is 0 Å². The fraction of sp³-hybridized carbons (Fsp3) is 0.812. The molecule has 3 rings (SSSR count). The molecule has 0 spiro atoms. The van der Waals surface area contributed by atoms with Crippen LogP contribution in [0, 0.1) is 5.92 Å². The van der Waals surface area contributed by atoms with Gasteiger partial charge in [0, 0.05) is 31.3 Å². The molecule has 1 amide bonds. The molecule has 2 heterocycles. The van der Waals surface area contributed by atoms with Gasteiger partial charge < -0.3 is 9.42 Å². The Balaban J connectivity index is 1.50. The first-order chi connectivity index (χ1) is 10.3. The Hall–Kier alpha value is -1.39. The number of piperidine rings is 1. The van der Waals surface area contributed by atoms with Gasteiger partial charge in [0.25, 0.3) is 0 Å². The van der Waals surface area contributed by atoms with Crippen LogP contribution in [0.3, 0.4) is 0 Å². The van der Waals surface area contributed by atoms with Gasteiger partial charge in [-0.05, 0) is 32.1 Å². The van der Waals surface area contributed by atoms with Crippen molar-refractivity contribution in [1.29, 1.82) is 0 Å². The van der Waals surface area contributed by atoms with Crippen LogP contribution in [-0.4, -0.2) is 34.0 Å². The van der Waals surface area contributed by atoms with Crippen molar-refractivity contribution in [3.63, 3.8) is 0 Å². The molecule has 0 radical (unpaired) electrons. The Morgan fingerprint density at radius 3 is 2.67 bits per heavy atom. The Labute approximate surface area is 126 Å². The molecule has 1 aromatic rings. The number of nitrogens with zero attached hydrogens (tertiary/aromatic N) is 3. The summed E-state index contributed by atoms with van der Waals surface area (Å²) in [4.78, 5) is 18.8. The molecule has 2 fully saturated rings. The van der Waals surface area contributed by atoms with Crippen molar-refractivity contribution in [1.82, 2.24) is 15.0 Å². The maximum Gasteiger partial charge on any atom is 0.229 e. The lowest BCUT2D eigenvalue weighted by molar-refractivity contribution is -0.139. The zero-order chi connectivity index (χ0) is 14.7. The van der Waals surface area contributed by atoms with Gasteiger partial charge in [0.05, 0.1) is 0 Å². The lowest BCUT2D eigenvalue weighted by Crippen LogP contribution is -2.43. The van der Waals surface area contributed by atoms with E-state index in [1.165, 1.54) is 6.42 Å². The maximum atomic E-state index is 12.2. The number of likely N-dealkylation sites (tertiary alicyclic amines) is 1. The highest BCUT2D eigenvalue weighted by Crippen LogP contribution is 2.32. The summed E-state index contributed by atoms with van der Waals surface area (Å²) in [6.07, 6.45) is 8.45. The highest BCUT2D eigenvalue weighted by Gasteiger charge is 2.33. The number of rotatable bonds is 5. The van der Waals surface area contributed by atoms with Gasteiger partial charge in [-0.3, -0.25) is 4.79 Å². The van der Waals surface area contributed by atoms with E-state index in [9.17, 15) is 4.79 Å². The summed E-state index contributed by atoms with van der Waals surface area (Å²) in [6.45, 7) is 3.84. The molecule has 0 bridgehead atoms. The van der Waals surface area contributed by atoms with Crippen molar-refractivity contribution in [2.45, 2.75) is 64.2 Å². The second kappa shape index (κ2) is 6.58. The SMILES string of the molecule is CCCCc1noc(C2CCN(C(=O)C3CCC3)CC2)n1. The summed E-state index contributed by atoms with van der Waals surface area (Å²) >= 11 is 0. The largest absolute Gasteiger partial charge is 0.342 e. The minimum absolute atomic E-state index is 0.311. The standard InChI is InChI=1S/C16H25N3O2/c1-2-3-7-14-17-15(21-18-14)12-8-10-19(11-9-12)16(20)13-5-4-6-13/h12-13H,2-11H2,1H3. The van der Waals surface area contributed by atoms with Crippen LogP contribution < -0.4 is 0 Å². The Bertz CT molecular complexity index is 474. The summed E-state index contributed by atoms with van der Waals surface area (Å²) in [6, 6.07) is 0. The summed E-state index contributed by atoms with van der Waals surface area (Å²) < 4.78 is 5.41. The third kappa shape index (κ3) is 3.27. The molecule has 116 valence electrons. The quantitative estimate of drug-likeness (QED) is 0.837. The normalized spacial score (nSPS) is 20.5. The summed E-state index contributed by atoms with van der Waals surface area (Å²) in [5, 5.41) is 4.07. The van der Waals surface area contributed by atoms with E-state index < -0.39 is 0 Å². The molecule has 0 aromatic carbocycles. The zero-order valence-electron chi connectivity index (χ0n) is 12.9. The smallest absolute Gasteiger partial charge is 0.229 e. The summed E-state index contributed by atoms with van der Waals surface area (Å²) in [7, 11) is 0. The molecule has 0 atom stereocenters. The minimum Gasteiger partial charge on any atom is -0.342 e. The van der Waals surface area contributed by atoms with Gasteiger partial charge in [-0.1, -0.05) is 24.9 Å². The van der Waals surface area contributed by atoms with E-state index in [2.05, 4.69) is 17.1 Å². The molecule has 21 heavy (non-hydrogen) atoms. The fourth-order valence-corrected chi connectivity index (χ4v) is 3.13. The van der Waals surface area contributed by atoms with Crippen molar-refractivity contribution in [3.05, 3.63) is 11.7 Å². The summed E-state index contributed by atoms with van der Waals surface area (Å²) in [5.41, 5.74) is 0. The third-order valence-electron chi connectivity index (χ3n) is 4.85. The van der Waals surface area contributed by atoms with Crippen molar-refractivity contribution in [2.24, 2.45) is 5.92 Å². The average Bonchev–Trinajstić information content (AvgIpc) is 2.92. The fourth-order valence-electron chi connectivity index (χ4n) is 3.13. The molecule has 1 saturated heterocycles. The van der Waals surface area contributed by atoms with Crippen LogP contribution in [0.15, 0.2) is 4.52 Å². The van der Waals surface area contributed by atoms with Gasteiger partial charge in [0.15, 0.2) is 5.82 Å². The van der Waals surface area contributed by atoms with Crippen LogP contribution in [0.4, 0.5) is 0 Å². The predicted molar refractivity (Wildman–Crippen MR) is 78.8 cm³/mol. The molecule has 1 saturated carbocycles. The Kier molecular flexibility index (Phi) is 4.56. The van der Waals surface area contributed by atoms with Crippen LogP contribution in [0.1, 0.15) is 69.5 Å². The average molecular weight is 291 g/mol. The van der Waals surface area contributed by atoms with Gasteiger partial charge in [0.2, 0.25) is 11.8 Å². The molecule has 0 unspecified atom stereocenters. The van der Waals surface area contributed by atoms with Crippen molar-refractivity contribution >= 4 is 5.91 Å². The molecule has 2 aliphatic rings. The molecule has 5 heteroatoms. The second-order valence-corrected chi connectivity index (χ2v) is 6.38. The maximum absolute atomic E-state index is 12.2. The number of hydrogen-bond acceptors (Lipinski definition) is 4. The molecule has 1 aliphatic heterocycles. The van der Waals surface area contributed by atoms with E-state index in [-0.39, 0.29) is 0 Å². The van der Waals surface area contributed by atoms with Crippen LogP contribution in [0.2, 0.25) is 0 Å². The number of aromatic nitrogens is 2. The Morgan fingerprint density at radius 1 is 1.29 bits per heavy atom. The van der Waals surface area contributed by atoms with Gasteiger partial charge >= 0.3 is 0 Å². The number of amides is 1. The first-order valence-corrected chi connectivity index (χ1v) is 8.39.